The van der Waals surface area contributed by atoms with E-state index in [9.17, 15) is 19.7 Å². The van der Waals surface area contributed by atoms with E-state index in [2.05, 4.69) is 5.32 Å². The minimum atomic E-state index is -0.672. The number of hydrogen-bond acceptors (Lipinski definition) is 6. The largest absolute Gasteiger partial charge is 0.460 e. The Morgan fingerprint density at radius 2 is 2.00 bits per heavy atom. The van der Waals surface area contributed by atoms with Crippen molar-refractivity contribution in [3.63, 3.8) is 0 Å². The molecular formula is C21H24N2O5. The number of nitro benzene ring substituents is 1. The molecule has 1 aliphatic carbocycles. The Labute approximate surface area is 163 Å². The van der Waals surface area contributed by atoms with Crippen LogP contribution in [0.15, 0.2) is 40.7 Å². The molecule has 7 nitrogen and oxygen atoms in total. The van der Waals surface area contributed by atoms with Crippen molar-refractivity contribution in [2.24, 2.45) is 0 Å². The molecule has 0 aromatic heterocycles. The number of carbonyl (C=O) groups excluding carboxylic acids is 2. The first-order valence-electron chi connectivity index (χ1n) is 9.40. The third kappa shape index (κ3) is 3.56. The number of allylic oxidation sites excluding steroid dienone is 3. The second-order valence-corrected chi connectivity index (χ2v) is 7.52. The first kappa shape index (κ1) is 19.8. The van der Waals surface area contributed by atoms with Gasteiger partial charge in [0.1, 0.15) is 0 Å². The number of aryl methyl sites for hydroxylation is 1. The molecule has 3 rings (SSSR count). The number of ketones is 1. The molecule has 1 aromatic rings. The average molecular weight is 384 g/mol. The lowest BCUT2D eigenvalue weighted by atomic mass is 9.75. The number of nitrogens with one attached hydrogen (secondary N) is 1. The number of dihydropyridines is 1. The van der Waals surface area contributed by atoms with Gasteiger partial charge in [0.25, 0.3) is 5.69 Å². The van der Waals surface area contributed by atoms with Gasteiger partial charge < -0.3 is 10.1 Å². The summed E-state index contributed by atoms with van der Waals surface area (Å²) in [5.74, 6) is -1.22. The van der Waals surface area contributed by atoms with E-state index in [0.29, 0.717) is 40.8 Å². The highest BCUT2D eigenvalue weighted by molar-refractivity contribution is 6.03. The first-order chi connectivity index (χ1) is 13.2. The van der Waals surface area contributed by atoms with Crippen LogP contribution in [0.2, 0.25) is 0 Å². The van der Waals surface area contributed by atoms with Crippen LogP contribution in [-0.2, 0) is 14.3 Å². The Hall–Kier alpha value is -2.96. The Kier molecular flexibility index (Phi) is 5.36. The third-order valence-electron chi connectivity index (χ3n) is 5.10. The molecule has 2 aliphatic rings. The molecule has 28 heavy (non-hydrogen) atoms. The van der Waals surface area contributed by atoms with Gasteiger partial charge in [0.2, 0.25) is 0 Å². The van der Waals surface area contributed by atoms with E-state index in [0.717, 1.165) is 12.1 Å². The van der Waals surface area contributed by atoms with Gasteiger partial charge >= 0.3 is 5.97 Å². The van der Waals surface area contributed by atoms with E-state index in [-0.39, 0.29) is 17.6 Å². The van der Waals surface area contributed by atoms with Gasteiger partial charge in [0, 0.05) is 40.9 Å². The maximum Gasteiger partial charge on any atom is 0.337 e. The summed E-state index contributed by atoms with van der Waals surface area (Å²) in [4.78, 5) is 36.7. The van der Waals surface area contributed by atoms with Crippen LogP contribution in [0.4, 0.5) is 5.69 Å². The van der Waals surface area contributed by atoms with Crippen molar-refractivity contribution < 1.29 is 19.2 Å². The minimum absolute atomic E-state index is 0.0318. The molecule has 1 aromatic carbocycles. The Morgan fingerprint density at radius 1 is 1.29 bits per heavy atom. The van der Waals surface area contributed by atoms with Gasteiger partial charge in [-0.05, 0) is 46.1 Å². The van der Waals surface area contributed by atoms with Gasteiger partial charge in [-0.1, -0.05) is 12.1 Å². The highest BCUT2D eigenvalue weighted by Gasteiger charge is 2.39. The number of Topliss-reactive ketones (excluding diaryl/α,β-unsaturated/α-hetero) is 1. The van der Waals surface area contributed by atoms with Crippen LogP contribution in [0.5, 0.6) is 0 Å². The summed E-state index contributed by atoms with van der Waals surface area (Å²) in [7, 11) is 0. The molecule has 1 atom stereocenters. The van der Waals surface area contributed by atoms with Crippen molar-refractivity contribution >= 4 is 17.4 Å². The van der Waals surface area contributed by atoms with Crippen molar-refractivity contribution in [1.29, 1.82) is 0 Å². The summed E-state index contributed by atoms with van der Waals surface area (Å²) >= 11 is 0. The van der Waals surface area contributed by atoms with E-state index in [1.807, 2.05) is 0 Å². The molecule has 0 saturated carbocycles. The zero-order chi connectivity index (χ0) is 20.6. The van der Waals surface area contributed by atoms with E-state index in [1.165, 1.54) is 6.07 Å². The van der Waals surface area contributed by atoms with Crippen molar-refractivity contribution in [2.75, 3.05) is 0 Å². The lowest BCUT2D eigenvalue weighted by molar-refractivity contribution is -0.385. The number of nitrogens with zero attached hydrogens (tertiary/aromatic N) is 1. The lowest BCUT2D eigenvalue weighted by Crippen LogP contribution is -2.35. The fourth-order valence-electron chi connectivity index (χ4n) is 3.87. The molecule has 148 valence electrons. The zero-order valence-corrected chi connectivity index (χ0v) is 16.5. The van der Waals surface area contributed by atoms with E-state index in [1.54, 1.807) is 39.8 Å². The number of esters is 1. The molecule has 0 amide bonds. The SMILES string of the molecule is CC1=C(C(=O)OC(C)C)[C@@H](c2ccc(C)c([N+](=O)[O-])c2)C2=C(CCCC2=O)N1. The molecule has 1 aliphatic heterocycles. The van der Waals surface area contributed by atoms with Gasteiger partial charge in [-0.2, -0.15) is 0 Å². The van der Waals surface area contributed by atoms with Crippen LogP contribution in [0.1, 0.15) is 57.1 Å². The van der Waals surface area contributed by atoms with Crippen molar-refractivity contribution in [3.8, 4) is 0 Å². The molecule has 1 heterocycles. The fraction of sp³-hybridized carbons (Fsp3) is 0.429. The van der Waals surface area contributed by atoms with Crippen LogP contribution < -0.4 is 5.32 Å². The van der Waals surface area contributed by atoms with Gasteiger partial charge in [-0.25, -0.2) is 4.79 Å². The molecule has 0 radical (unpaired) electrons. The third-order valence-corrected chi connectivity index (χ3v) is 5.10. The molecule has 1 N–H and O–H groups in total. The van der Waals surface area contributed by atoms with Gasteiger partial charge in [-0.3, -0.25) is 14.9 Å². The highest BCUT2D eigenvalue weighted by Crippen LogP contribution is 2.43. The smallest absolute Gasteiger partial charge is 0.337 e. The maximum absolute atomic E-state index is 12.9. The molecule has 0 fully saturated rings. The molecule has 0 saturated heterocycles. The molecular weight excluding hydrogens is 360 g/mol. The quantitative estimate of drug-likeness (QED) is 0.481. The van der Waals surface area contributed by atoms with E-state index in [4.69, 9.17) is 4.74 Å². The van der Waals surface area contributed by atoms with Crippen LogP contribution in [-0.4, -0.2) is 22.8 Å². The van der Waals surface area contributed by atoms with Gasteiger partial charge in [-0.15, -0.1) is 0 Å². The molecule has 0 unspecified atom stereocenters. The number of benzene rings is 1. The van der Waals surface area contributed by atoms with Crippen molar-refractivity contribution in [1.82, 2.24) is 5.32 Å². The summed E-state index contributed by atoms with van der Waals surface area (Å²) in [5, 5.41) is 14.6. The number of rotatable bonds is 4. The summed E-state index contributed by atoms with van der Waals surface area (Å²) in [6.07, 6.45) is 1.52. The number of ether oxygens (including phenoxy) is 1. The van der Waals surface area contributed by atoms with Gasteiger partial charge in [0.05, 0.1) is 16.6 Å². The van der Waals surface area contributed by atoms with E-state index >= 15 is 0 Å². The molecule has 0 spiro atoms. The second kappa shape index (κ2) is 7.58. The van der Waals surface area contributed by atoms with Gasteiger partial charge in [0.15, 0.2) is 5.78 Å². The molecule has 7 heteroatoms. The Bertz CT molecular complexity index is 927. The standard InChI is InChI=1S/C21H24N2O5/c1-11(2)28-21(25)18-13(4)22-15-6-5-7-17(24)20(15)19(18)14-9-8-12(3)16(10-14)23(26)27/h8-11,19,22H,5-7H2,1-4H3/t19-/m1/s1. The van der Waals surface area contributed by atoms with Crippen LogP contribution in [0.3, 0.4) is 0 Å². The summed E-state index contributed by atoms with van der Waals surface area (Å²) in [6.45, 7) is 6.95. The van der Waals surface area contributed by atoms with Crippen LogP contribution in [0, 0.1) is 17.0 Å². The van der Waals surface area contributed by atoms with E-state index < -0.39 is 16.8 Å². The Balaban J connectivity index is 2.20. The first-order valence-corrected chi connectivity index (χ1v) is 9.40. The molecule has 0 bridgehead atoms. The second-order valence-electron chi connectivity index (χ2n) is 7.52. The predicted molar refractivity (Wildman–Crippen MR) is 104 cm³/mol. The zero-order valence-electron chi connectivity index (χ0n) is 16.5. The summed E-state index contributed by atoms with van der Waals surface area (Å²) in [6, 6.07) is 4.87. The number of hydrogen-bond donors (Lipinski definition) is 1. The predicted octanol–water partition coefficient (Wildman–Crippen LogP) is 3.82. The highest BCUT2D eigenvalue weighted by atomic mass is 16.6. The van der Waals surface area contributed by atoms with Crippen molar-refractivity contribution in [2.45, 2.75) is 59.0 Å². The van der Waals surface area contributed by atoms with Crippen LogP contribution >= 0.6 is 0 Å². The normalized spacial score (nSPS) is 19.5. The average Bonchev–Trinajstić information content (AvgIpc) is 2.60. The monoisotopic (exact) mass is 384 g/mol. The van der Waals surface area contributed by atoms with Crippen LogP contribution in [0.25, 0.3) is 0 Å². The topological polar surface area (TPSA) is 98.5 Å². The fourth-order valence-corrected chi connectivity index (χ4v) is 3.87. The summed E-state index contributed by atoms with van der Waals surface area (Å²) in [5.41, 5.74) is 3.31. The number of nitro groups is 1. The lowest BCUT2D eigenvalue weighted by Gasteiger charge is -2.34. The number of carbonyl (C=O) groups is 2. The van der Waals surface area contributed by atoms with Crippen molar-refractivity contribution in [3.05, 3.63) is 62.0 Å². The minimum Gasteiger partial charge on any atom is -0.460 e. The Morgan fingerprint density at radius 3 is 2.64 bits per heavy atom. The maximum atomic E-state index is 12.9. The summed E-state index contributed by atoms with van der Waals surface area (Å²) < 4.78 is 5.42.